The van der Waals surface area contributed by atoms with Gasteiger partial charge in [0, 0.05) is 68.4 Å². The maximum Gasteiger partial charge on any atom is 0.586 e. The van der Waals surface area contributed by atoms with Gasteiger partial charge in [0.05, 0.1) is 129 Å². The van der Waals surface area contributed by atoms with E-state index in [1.165, 1.54) is 60.7 Å². The fourth-order valence-corrected chi connectivity index (χ4v) is 16.6. The predicted molar refractivity (Wildman–Crippen MR) is 447 cm³/mol. The van der Waals surface area contributed by atoms with Crippen LogP contribution in [-0.2, 0) is 102 Å². The monoisotopic (exact) mass is 1770 g/mol. The molecule has 6 heterocycles. The molecule has 670 valence electrons. The first-order valence-corrected chi connectivity index (χ1v) is 41.3. The van der Waals surface area contributed by atoms with Crippen LogP contribution >= 0.6 is 11.6 Å². The first-order chi connectivity index (χ1) is 59.5. The molecule has 0 spiro atoms. The predicted octanol–water partition coefficient (Wildman–Crippen LogP) is 15.4. The molecule has 3 aromatic heterocycles. The Morgan fingerprint density at radius 3 is 1.12 bits per heavy atom. The van der Waals surface area contributed by atoms with Gasteiger partial charge in [-0.05, 0) is 174 Å². The number of aromatic nitrogens is 3. The molecule has 0 amide bonds. The maximum absolute atomic E-state index is 16.0. The summed E-state index contributed by atoms with van der Waals surface area (Å²) in [6.45, 7) is 11.7. The van der Waals surface area contributed by atoms with Crippen molar-refractivity contribution in [2.75, 3.05) is 45.4 Å². The maximum atomic E-state index is 16.0. The van der Waals surface area contributed by atoms with E-state index in [0.717, 1.165) is 33.3 Å². The van der Waals surface area contributed by atoms with E-state index in [1.807, 2.05) is 119 Å². The Morgan fingerprint density at radius 1 is 0.429 bits per heavy atom. The van der Waals surface area contributed by atoms with E-state index in [2.05, 4.69) is 28.4 Å². The van der Waals surface area contributed by atoms with Crippen molar-refractivity contribution in [1.29, 1.82) is 0 Å². The summed E-state index contributed by atoms with van der Waals surface area (Å²) < 4.78 is 169. The van der Waals surface area contributed by atoms with Gasteiger partial charge in [0.15, 0.2) is 34.5 Å². The minimum Gasteiger partial charge on any atom is -0.396 e. The van der Waals surface area contributed by atoms with Gasteiger partial charge in [-0.2, -0.15) is 0 Å². The number of nitrogens with two attached hydrogens (primary N) is 1. The largest absolute Gasteiger partial charge is 0.586 e. The molecule has 0 unspecified atom stereocenters. The summed E-state index contributed by atoms with van der Waals surface area (Å²) in [6.07, 6.45) is -11.1. The molecule has 0 bridgehead atoms. The Hall–Kier alpha value is -10.7. The molecule has 3 atom stereocenters. The van der Waals surface area contributed by atoms with Gasteiger partial charge in [0.1, 0.15) is 29.0 Å². The lowest BCUT2D eigenvalue weighted by atomic mass is 9.87. The van der Waals surface area contributed by atoms with Crippen LogP contribution in [0.4, 0.5) is 45.2 Å². The highest BCUT2D eigenvalue weighted by atomic mass is 35.5. The number of rotatable bonds is 31. The molecular formula is C94H96ClF9N4O18. The number of ketones is 2. The van der Waals surface area contributed by atoms with Crippen molar-refractivity contribution in [2.24, 2.45) is 0 Å². The molecule has 9 N–H and O–H groups in total. The lowest BCUT2D eigenvalue weighted by molar-refractivity contribution is -0.287. The third-order valence-electron chi connectivity index (χ3n) is 23.9. The zero-order valence-corrected chi connectivity index (χ0v) is 70.4. The highest BCUT2D eigenvalue weighted by molar-refractivity contribution is 6.66. The van der Waals surface area contributed by atoms with Crippen LogP contribution in [-0.4, -0.2) is 143 Å². The van der Waals surface area contributed by atoms with Crippen LogP contribution in [0.15, 0.2) is 170 Å². The van der Waals surface area contributed by atoms with Crippen molar-refractivity contribution in [3.8, 4) is 34.5 Å². The molecule has 126 heavy (non-hydrogen) atoms. The number of fused-ring (bicyclic) bond motifs is 6. The number of benzene rings is 8. The molecule has 32 heteroatoms. The molecule has 3 aliphatic heterocycles. The van der Waals surface area contributed by atoms with Crippen LogP contribution in [0.3, 0.4) is 0 Å². The Kier molecular flexibility index (Phi) is 25.8. The highest BCUT2D eigenvalue weighted by Gasteiger charge is 2.55. The molecule has 3 saturated carbocycles. The van der Waals surface area contributed by atoms with Crippen molar-refractivity contribution in [3.63, 3.8) is 0 Å². The summed E-state index contributed by atoms with van der Waals surface area (Å²) >= 11 is 5.51. The van der Waals surface area contributed by atoms with E-state index < -0.39 is 106 Å². The van der Waals surface area contributed by atoms with Gasteiger partial charge in [-0.25, -0.2) is 13.2 Å². The number of nitrogen functional groups attached to an aromatic ring is 1. The van der Waals surface area contributed by atoms with Gasteiger partial charge in [-0.3, -0.25) is 14.4 Å². The Balaban J connectivity index is 0.000000149. The van der Waals surface area contributed by atoms with Crippen molar-refractivity contribution in [3.05, 3.63) is 243 Å². The van der Waals surface area contributed by atoms with Gasteiger partial charge in [-0.1, -0.05) is 120 Å². The van der Waals surface area contributed by atoms with Crippen molar-refractivity contribution in [2.45, 2.75) is 195 Å². The molecule has 3 aliphatic carbocycles. The Bertz CT molecular complexity index is 5890. The fraction of sp³-hybridized carbons (Fsp3) is 0.394. The summed E-state index contributed by atoms with van der Waals surface area (Å²) in [4.78, 5) is 38.5. The number of Topliss-reactive ketones (excluding diaryl/α,β-unsaturated/α-hetero) is 2. The summed E-state index contributed by atoms with van der Waals surface area (Å²) in [5, 5.41) is 70.4. The number of aliphatic hydroxyl groups is 7. The molecular weight excluding hydrogens is 1680 g/mol. The van der Waals surface area contributed by atoms with E-state index in [4.69, 9.17) is 31.9 Å². The van der Waals surface area contributed by atoms with E-state index in [1.54, 1.807) is 45.5 Å². The summed E-state index contributed by atoms with van der Waals surface area (Å²) in [6, 6.07) is 47.0. The van der Waals surface area contributed by atoms with Gasteiger partial charge < -0.3 is 93.1 Å². The number of ether oxygens (including phenoxy) is 8. The summed E-state index contributed by atoms with van der Waals surface area (Å²) in [5.41, 5.74) is 9.26. The van der Waals surface area contributed by atoms with E-state index >= 15 is 8.78 Å². The van der Waals surface area contributed by atoms with Crippen LogP contribution in [0.25, 0.3) is 32.7 Å². The molecule has 8 aromatic carbocycles. The second kappa shape index (κ2) is 35.5. The summed E-state index contributed by atoms with van der Waals surface area (Å²) in [5.74, 6) is -2.67. The Labute approximate surface area is 723 Å². The molecule has 6 aliphatic rings. The minimum atomic E-state index is -3.76. The smallest absolute Gasteiger partial charge is 0.396 e. The van der Waals surface area contributed by atoms with Crippen molar-refractivity contribution in [1.82, 2.24) is 13.7 Å². The second-order valence-electron chi connectivity index (χ2n) is 34.8. The molecule has 0 radical (unpaired) electrons. The van der Waals surface area contributed by atoms with Crippen LogP contribution in [0, 0.1) is 17.5 Å². The zero-order chi connectivity index (χ0) is 90.6. The fourth-order valence-electron chi connectivity index (χ4n) is 16.3. The van der Waals surface area contributed by atoms with Crippen LogP contribution in [0.5, 0.6) is 34.5 Å². The third-order valence-corrected chi connectivity index (χ3v) is 24.2. The third kappa shape index (κ3) is 19.6. The molecule has 22 nitrogen and oxygen atoms in total. The number of alkyl halides is 6. The second-order valence-corrected chi connectivity index (χ2v) is 35.2. The number of hydrogen-bond donors (Lipinski definition) is 8. The van der Waals surface area contributed by atoms with E-state index in [0.29, 0.717) is 103 Å². The number of aliphatic hydroxyl groups excluding tert-OH is 7. The lowest BCUT2D eigenvalue weighted by Gasteiger charge is -2.28. The quantitative estimate of drug-likeness (QED) is 0.0114. The standard InChI is InChI=1S/C41H40F3NO6.C27H28F3NO6.C15H21FN2O3.C11H7ClF2O3/c1-39(2,26-49-24-28-11-7-4-8-12-28)37-18-30-17-29(19-38(47)40(15-16-40)31-13-14-35-36(20-31)51-41(43,44)50-35)33(42)21-34(30)45(37)22-32(46)25-48-23-27-9-5-3-6-10-27;1-25(2,14-33)23-8-16-7-15(19(28)11-20(16)31(23)12-18(34)13-32)9-24(35)26(5-6-26)17-3-4-21-22(10-17)37-27(29,30)36-21;1-15(2,8-20)14-4-9-3-12(17)11(16)5-13(9)18(14)6-10(21)7-19;12-9(15)10(3-4-10)6-1-2-7-8(5-6)17-11(13,14)16-7/h3-14,17-18,20-21,32,46H,15-16,19,22-26H2,1-2H3;3-4,7-8,10-11,18,32-34H,5-6,9,12-14H2,1-2H3;3-5,10,19-21H,6-8,17H2,1-2H3;1-2,5H,3-4H2/t32-;18-;10-;/m111./s1. The number of carbonyl (C=O) groups is 3. The zero-order valence-electron chi connectivity index (χ0n) is 69.7. The van der Waals surface area contributed by atoms with Gasteiger partial charge in [0.25, 0.3) is 0 Å². The van der Waals surface area contributed by atoms with Crippen LogP contribution in [0.2, 0.25) is 0 Å². The normalized spacial score (nSPS) is 17.3. The van der Waals surface area contributed by atoms with Crippen LogP contribution < -0.4 is 34.2 Å². The highest BCUT2D eigenvalue weighted by Crippen LogP contribution is 2.56. The number of anilines is 1. The van der Waals surface area contributed by atoms with Gasteiger partial charge in [-0.15, -0.1) is 26.3 Å². The van der Waals surface area contributed by atoms with Crippen LogP contribution in [0.1, 0.15) is 136 Å². The molecule has 17 rings (SSSR count). The van der Waals surface area contributed by atoms with Crippen molar-refractivity contribution >= 4 is 66.8 Å². The van der Waals surface area contributed by atoms with E-state index in [9.17, 15) is 75.8 Å². The van der Waals surface area contributed by atoms with Gasteiger partial charge in [0.2, 0.25) is 5.24 Å². The average molecular weight is 1780 g/mol. The number of halogens is 10. The first-order valence-electron chi connectivity index (χ1n) is 41.0. The number of carbonyl (C=O) groups excluding carboxylic acids is 3. The number of hydrogen-bond acceptors (Lipinski definition) is 19. The van der Waals surface area contributed by atoms with Crippen molar-refractivity contribution < 1.29 is 128 Å². The van der Waals surface area contributed by atoms with E-state index in [-0.39, 0.29) is 115 Å². The van der Waals surface area contributed by atoms with Gasteiger partial charge >= 0.3 is 18.9 Å². The summed E-state index contributed by atoms with van der Waals surface area (Å²) in [7, 11) is 0. The average Bonchev–Trinajstić information content (AvgIpc) is 1.57. The topological polar surface area (TPSA) is 307 Å². The molecule has 3 fully saturated rings. The Morgan fingerprint density at radius 2 is 0.762 bits per heavy atom. The first kappa shape index (κ1) is 91.5. The lowest BCUT2D eigenvalue weighted by Crippen LogP contribution is -2.30. The molecule has 11 aromatic rings. The SMILES string of the molecule is CC(C)(CO)c1cc2cc(CC(=O)C3(c4ccc5c(c4)OC(F)(F)O5)CC3)c(F)cc2n1C[C@@H](O)CO.CC(C)(CO)c1cc2cc(N)c(F)cc2n1C[C@@H](O)CO.CC(C)(COCc1ccccc1)c1cc2cc(CC(=O)C3(c4ccc5c(c4)OC(F)(F)O5)CC3)c(F)cc2n1C[C@@H](O)COCc1ccccc1.O=C(Cl)C1(c2ccc3c(c2)OC(F)(F)O3)CC1. The number of nitrogens with zero attached hydrogens (tertiary/aromatic N) is 3. The molecule has 0 saturated heterocycles. The minimum absolute atomic E-state index is 0.00273.